The van der Waals surface area contributed by atoms with Gasteiger partial charge in [0.1, 0.15) is 5.82 Å². The lowest BCUT2D eigenvalue weighted by Crippen LogP contribution is -2.43. The number of aliphatic carboxylic acids is 1. The highest BCUT2D eigenvalue weighted by Crippen LogP contribution is 2.48. The molecule has 0 aromatic heterocycles. The summed E-state index contributed by atoms with van der Waals surface area (Å²) in [5, 5.41) is 11.7. The molecule has 1 aromatic rings. The molecule has 0 bridgehead atoms. The average molecular weight is 279 g/mol. The molecule has 0 atom stereocenters. The van der Waals surface area contributed by atoms with Crippen molar-refractivity contribution in [3.63, 3.8) is 0 Å². The monoisotopic (exact) mass is 279 g/mol. The van der Waals surface area contributed by atoms with E-state index in [4.69, 9.17) is 5.11 Å². The summed E-state index contributed by atoms with van der Waals surface area (Å²) in [6.07, 6.45) is 1.41. The van der Waals surface area contributed by atoms with E-state index >= 15 is 0 Å². The van der Waals surface area contributed by atoms with Crippen LogP contribution in [-0.4, -0.2) is 23.5 Å². The van der Waals surface area contributed by atoms with Gasteiger partial charge in [-0.3, -0.25) is 9.59 Å². The molecule has 5 heteroatoms. The fraction of sp³-hybridized carbons (Fsp3) is 0.467. The fourth-order valence-electron chi connectivity index (χ4n) is 2.09. The lowest BCUT2D eigenvalue weighted by Gasteiger charge is -2.22. The van der Waals surface area contributed by atoms with Crippen LogP contribution in [0.2, 0.25) is 0 Å². The third-order valence-electron chi connectivity index (χ3n) is 3.85. The number of nitrogens with one attached hydrogen (secondary N) is 1. The van der Waals surface area contributed by atoms with E-state index in [1.54, 1.807) is 26.0 Å². The SMILES string of the molecule is CC(C)(CNC(=O)C1(c2ccc(F)cc2)CC1)C(=O)O. The molecule has 2 rings (SSSR count). The molecule has 1 saturated carbocycles. The van der Waals surface area contributed by atoms with Crippen LogP contribution < -0.4 is 5.32 Å². The van der Waals surface area contributed by atoms with Crippen LogP contribution in [0.15, 0.2) is 24.3 Å². The Morgan fingerprint density at radius 3 is 2.30 bits per heavy atom. The van der Waals surface area contributed by atoms with Gasteiger partial charge in [0.25, 0.3) is 0 Å². The predicted octanol–water partition coefficient (Wildman–Crippen LogP) is 2.08. The molecule has 0 saturated heterocycles. The molecule has 0 spiro atoms. The van der Waals surface area contributed by atoms with E-state index in [9.17, 15) is 14.0 Å². The summed E-state index contributed by atoms with van der Waals surface area (Å²) in [5.74, 6) is -1.47. The number of benzene rings is 1. The van der Waals surface area contributed by atoms with Crippen molar-refractivity contribution in [3.8, 4) is 0 Å². The maximum Gasteiger partial charge on any atom is 0.310 e. The third-order valence-corrected chi connectivity index (χ3v) is 3.85. The predicted molar refractivity (Wildman–Crippen MR) is 71.7 cm³/mol. The Labute approximate surface area is 117 Å². The molecule has 0 heterocycles. The van der Waals surface area contributed by atoms with E-state index in [2.05, 4.69) is 5.32 Å². The van der Waals surface area contributed by atoms with Crippen LogP contribution in [0.3, 0.4) is 0 Å². The van der Waals surface area contributed by atoms with Gasteiger partial charge in [0.05, 0.1) is 10.8 Å². The van der Waals surface area contributed by atoms with Gasteiger partial charge < -0.3 is 10.4 Å². The van der Waals surface area contributed by atoms with Crippen LogP contribution in [0.25, 0.3) is 0 Å². The Hall–Kier alpha value is -1.91. The average Bonchev–Trinajstić information content (AvgIpc) is 3.18. The number of rotatable bonds is 5. The first-order valence-corrected chi connectivity index (χ1v) is 6.56. The van der Waals surface area contributed by atoms with Crippen LogP contribution in [0, 0.1) is 11.2 Å². The minimum absolute atomic E-state index is 0.0735. The van der Waals surface area contributed by atoms with Gasteiger partial charge in [0.15, 0.2) is 0 Å². The fourth-order valence-corrected chi connectivity index (χ4v) is 2.09. The molecule has 108 valence electrons. The molecule has 1 fully saturated rings. The molecule has 0 aliphatic heterocycles. The van der Waals surface area contributed by atoms with E-state index in [0.29, 0.717) is 12.8 Å². The largest absolute Gasteiger partial charge is 0.481 e. The molecule has 20 heavy (non-hydrogen) atoms. The minimum atomic E-state index is -1.01. The van der Waals surface area contributed by atoms with Crippen molar-refractivity contribution in [1.82, 2.24) is 5.32 Å². The minimum Gasteiger partial charge on any atom is -0.481 e. The maximum atomic E-state index is 12.9. The Kier molecular flexibility index (Phi) is 3.54. The van der Waals surface area contributed by atoms with Crippen molar-refractivity contribution in [2.45, 2.75) is 32.1 Å². The number of carbonyl (C=O) groups is 2. The van der Waals surface area contributed by atoms with Crippen LogP contribution in [0.5, 0.6) is 0 Å². The van der Waals surface area contributed by atoms with E-state index in [-0.39, 0.29) is 18.3 Å². The number of amides is 1. The first-order valence-electron chi connectivity index (χ1n) is 6.56. The van der Waals surface area contributed by atoms with E-state index < -0.39 is 16.8 Å². The second-order valence-corrected chi connectivity index (χ2v) is 5.96. The molecule has 0 unspecified atom stereocenters. The summed E-state index contributed by atoms with van der Waals surface area (Å²) in [7, 11) is 0. The Bertz CT molecular complexity index is 533. The number of carbonyl (C=O) groups excluding carboxylic acids is 1. The van der Waals surface area contributed by atoms with Gasteiger partial charge in [0, 0.05) is 6.54 Å². The van der Waals surface area contributed by atoms with Gasteiger partial charge in [-0.15, -0.1) is 0 Å². The summed E-state index contributed by atoms with van der Waals surface area (Å²) >= 11 is 0. The number of hydrogen-bond acceptors (Lipinski definition) is 2. The Morgan fingerprint density at radius 1 is 1.30 bits per heavy atom. The molecule has 4 nitrogen and oxygen atoms in total. The third kappa shape index (κ3) is 2.66. The summed E-state index contributed by atoms with van der Waals surface area (Å²) in [5.41, 5.74) is -0.832. The lowest BCUT2D eigenvalue weighted by molar-refractivity contribution is -0.146. The van der Waals surface area contributed by atoms with Gasteiger partial charge in [-0.2, -0.15) is 0 Å². The van der Waals surface area contributed by atoms with Gasteiger partial charge >= 0.3 is 5.97 Å². The zero-order valence-corrected chi connectivity index (χ0v) is 11.6. The molecule has 1 amide bonds. The summed E-state index contributed by atoms with van der Waals surface area (Å²) in [6, 6.07) is 5.91. The van der Waals surface area contributed by atoms with Crippen LogP contribution >= 0.6 is 0 Å². The summed E-state index contributed by atoms with van der Waals surface area (Å²) in [6.45, 7) is 3.20. The van der Waals surface area contributed by atoms with Crippen LogP contribution in [0.4, 0.5) is 4.39 Å². The van der Waals surface area contributed by atoms with Gasteiger partial charge in [0.2, 0.25) is 5.91 Å². The topological polar surface area (TPSA) is 66.4 Å². The highest BCUT2D eigenvalue weighted by Gasteiger charge is 2.51. The number of carboxylic acid groups (broad SMARTS) is 1. The van der Waals surface area contributed by atoms with Crippen molar-refractivity contribution in [3.05, 3.63) is 35.6 Å². The molecule has 1 aliphatic carbocycles. The van der Waals surface area contributed by atoms with Crippen LogP contribution in [0.1, 0.15) is 32.3 Å². The normalized spacial score (nSPS) is 16.6. The molecule has 0 radical (unpaired) electrons. The molecule has 1 aromatic carbocycles. The summed E-state index contributed by atoms with van der Waals surface area (Å²) in [4.78, 5) is 23.3. The maximum absolute atomic E-state index is 12.9. The van der Waals surface area contributed by atoms with E-state index in [1.165, 1.54) is 12.1 Å². The number of carboxylic acids is 1. The van der Waals surface area contributed by atoms with Crippen molar-refractivity contribution in [1.29, 1.82) is 0 Å². The highest BCUT2D eigenvalue weighted by atomic mass is 19.1. The molecular formula is C15H18FNO3. The van der Waals surface area contributed by atoms with Crippen molar-refractivity contribution in [2.24, 2.45) is 5.41 Å². The van der Waals surface area contributed by atoms with Crippen molar-refractivity contribution < 1.29 is 19.1 Å². The van der Waals surface area contributed by atoms with Crippen molar-refractivity contribution >= 4 is 11.9 Å². The first-order chi connectivity index (χ1) is 9.28. The molecule has 1 aliphatic rings. The second-order valence-electron chi connectivity index (χ2n) is 5.96. The zero-order valence-electron chi connectivity index (χ0n) is 11.6. The van der Waals surface area contributed by atoms with Crippen molar-refractivity contribution in [2.75, 3.05) is 6.54 Å². The first kappa shape index (κ1) is 14.5. The Balaban J connectivity index is 2.06. The number of hydrogen-bond donors (Lipinski definition) is 2. The standard InChI is InChI=1S/C15H18FNO3/c1-14(2,13(19)20)9-17-12(18)15(7-8-15)10-3-5-11(16)6-4-10/h3-6H,7-9H2,1-2H3,(H,17,18)(H,19,20). The summed E-state index contributed by atoms with van der Waals surface area (Å²) < 4.78 is 12.9. The van der Waals surface area contributed by atoms with Crippen LogP contribution in [-0.2, 0) is 15.0 Å². The molecule has 2 N–H and O–H groups in total. The highest BCUT2D eigenvalue weighted by molar-refractivity contribution is 5.91. The lowest BCUT2D eigenvalue weighted by atomic mass is 9.91. The van der Waals surface area contributed by atoms with E-state index in [1.807, 2.05) is 0 Å². The number of halogens is 1. The van der Waals surface area contributed by atoms with Gasteiger partial charge in [-0.05, 0) is 44.4 Å². The van der Waals surface area contributed by atoms with Gasteiger partial charge in [-0.1, -0.05) is 12.1 Å². The second kappa shape index (κ2) is 4.89. The molecular weight excluding hydrogens is 261 g/mol. The quantitative estimate of drug-likeness (QED) is 0.867. The smallest absolute Gasteiger partial charge is 0.310 e. The van der Waals surface area contributed by atoms with Gasteiger partial charge in [-0.25, -0.2) is 4.39 Å². The zero-order chi connectivity index (χ0) is 15.0. The van der Waals surface area contributed by atoms with E-state index in [0.717, 1.165) is 5.56 Å². The Morgan fingerprint density at radius 2 is 1.85 bits per heavy atom.